The van der Waals surface area contributed by atoms with Gasteiger partial charge in [0.05, 0.1) is 4.90 Å². The van der Waals surface area contributed by atoms with Crippen molar-refractivity contribution < 1.29 is 18.0 Å². The van der Waals surface area contributed by atoms with Gasteiger partial charge in [-0.3, -0.25) is 9.59 Å². The Bertz CT molecular complexity index is 1100. The van der Waals surface area contributed by atoms with E-state index < -0.39 is 10.0 Å². The van der Waals surface area contributed by atoms with Crippen molar-refractivity contribution in [1.29, 1.82) is 0 Å². The standard InChI is InChI=1S/C25H31N3O4S/c1-19-7-13-23(14-8-19)33(31,32)26-17-20-5-4-15-27(18-20)25(30)21-9-11-22(12-10-21)28-16-3-2-6-24(28)29/h7-14,20,26H,2-6,15-18H2,1H3. The van der Waals surface area contributed by atoms with Gasteiger partial charge in [0.15, 0.2) is 0 Å². The van der Waals surface area contributed by atoms with E-state index in [1.54, 1.807) is 46.2 Å². The van der Waals surface area contributed by atoms with Gasteiger partial charge in [-0.2, -0.15) is 0 Å². The van der Waals surface area contributed by atoms with Crippen LogP contribution in [0.5, 0.6) is 0 Å². The summed E-state index contributed by atoms with van der Waals surface area (Å²) in [4.78, 5) is 29.0. The lowest BCUT2D eigenvalue weighted by atomic mass is 9.97. The van der Waals surface area contributed by atoms with E-state index in [2.05, 4.69) is 4.72 Å². The molecule has 0 saturated carbocycles. The maximum absolute atomic E-state index is 13.1. The van der Waals surface area contributed by atoms with Gasteiger partial charge in [0.25, 0.3) is 5.91 Å². The maximum Gasteiger partial charge on any atom is 0.253 e. The summed E-state index contributed by atoms with van der Waals surface area (Å²) in [5, 5.41) is 0. The summed E-state index contributed by atoms with van der Waals surface area (Å²) in [5.74, 6) is 0.137. The number of anilines is 1. The Morgan fingerprint density at radius 1 is 1.00 bits per heavy atom. The van der Waals surface area contributed by atoms with Gasteiger partial charge in [-0.25, -0.2) is 13.1 Å². The third kappa shape index (κ3) is 5.62. The first-order valence-corrected chi connectivity index (χ1v) is 13.1. The van der Waals surface area contributed by atoms with Crippen molar-refractivity contribution in [3.8, 4) is 0 Å². The topological polar surface area (TPSA) is 86.8 Å². The Balaban J connectivity index is 1.35. The maximum atomic E-state index is 13.1. The summed E-state index contributed by atoms with van der Waals surface area (Å²) in [5.41, 5.74) is 2.42. The highest BCUT2D eigenvalue weighted by Gasteiger charge is 2.26. The summed E-state index contributed by atoms with van der Waals surface area (Å²) in [6, 6.07) is 14.0. The van der Waals surface area contributed by atoms with Gasteiger partial charge in [0.1, 0.15) is 0 Å². The second kappa shape index (κ2) is 10.1. The molecule has 176 valence electrons. The van der Waals surface area contributed by atoms with Crippen LogP contribution in [0.25, 0.3) is 0 Å². The molecule has 2 aliphatic rings. The van der Waals surface area contributed by atoms with E-state index in [0.29, 0.717) is 31.6 Å². The number of nitrogens with one attached hydrogen (secondary N) is 1. The number of aryl methyl sites for hydroxylation is 1. The highest BCUT2D eigenvalue weighted by molar-refractivity contribution is 7.89. The van der Waals surface area contributed by atoms with Crippen LogP contribution in [0.4, 0.5) is 5.69 Å². The van der Waals surface area contributed by atoms with Crippen molar-refractivity contribution in [2.75, 3.05) is 31.1 Å². The quantitative estimate of drug-likeness (QED) is 0.703. The smallest absolute Gasteiger partial charge is 0.253 e. The summed E-state index contributed by atoms with van der Waals surface area (Å²) < 4.78 is 27.9. The molecule has 2 aliphatic heterocycles. The highest BCUT2D eigenvalue weighted by Crippen LogP contribution is 2.23. The van der Waals surface area contributed by atoms with Gasteiger partial charge < -0.3 is 9.80 Å². The molecule has 2 amide bonds. The van der Waals surface area contributed by atoms with Gasteiger partial charge in [-0.15, -0.1) is 0 Å². The number of benzene rings is 2. The molecule has 0 spiro atoms. The summed E-state index contributed by atoms with van der Waals surface area (Å²) in [6.07, 6.45) is 4.21. The molecule has 1 N–H and O–H groups in total. The number of amides is 2. The van der Waals surface area contributed by atoms with Crippen LogP contribution in [-0.4, -0.2) is 51.3 Å². The highest BCUT2D eigenvalue weighted by atomic mass is 32.2. The molecule has 2 aromatic carbocycles. The van der Waals surface area contributed by atoms with Crippen molar-refractivity contribution in [3.63, 3.8) is 0 Å². The molecule has 4 rings (SSSR count). The van der Waals surface area contributed by atoms with E-state index >= 15 is 0 Å². The molecule has 0 aliphatic carbocycles. The summed E-state index contributed by atoms with van der Waals surface area (Å²) in [6.45, 7) is 4.11. The first kappa shape index (κ1) is 23.4. The third-order valence-electron chi connectivity index (χ3n) is 6.45. The van der Waals surface area contributed by atoms with Crippen molar-refractivity contribution in [1.82, 2.24) is 9.62 Å². The number of nitrogens with zero attached hydrogens (tertiary/aromatic N) is 2. The minimum Gasteiger partial charge on any atom is -0.338 e. The molecule has 7 nitrogen and oxygen atoms in total. The predicted octanol–water partition coefficient (Wildman–Crippen LogP) is 3.34. The lowest BCUT2D eigenvalue weighted by Gasteiger charge is -2.33. The van der Waals surface area contributed by atoms with E-state index in [4.69, 9.17) is 0 Å². The number of sulfonamides is 1. The molecule has 1 atom stereocenters. The summed E-state index contributed by atoms with van der Waals surface area (Å²) in [7, 11) is -3.57. The van der Waals surface area contributed by atoms with Crippen LogP contribution in [0.1, 0.15) is 48.0 Å². The minimum atomic E-state index is -3.57. The molecule has 0 bridgehead atoms. The Labute approximate surface area is 195 Å². The Morgan fingerprint density at radius 2 is 1.73 bits per heavy atom. The number of piperidine rings is 2. The SMILES string of the molecule is Cc1ccc(S(=O)(=O)NCC2CCCN(C(=O)c3ccc(N4CCCCC4=O)cc3)C2)cc1. The molecule has 8 heteroatoms. The van der Waals surface area contributed by atoms with E-state index in [1.807, 2.05) is 19.1 Å². The van der Waals surface area contributed by atoms with Gasteiger partial charge in [-0.05, 0) is 74.9 Å². The van der Waals surface area contributed by atoms with Crippen molar-refractivity contribution in [2.24, 2.45) is 5.92 Å². The van der Waals surface area contributed by atoms with Gasteiger partial charge in [0, 0.05) is 43.9 Å². The van der Waals surface area contributed by atoms with E-state index in [1.165, 1.54) is 0 Å². The van der Waals surface area contributed by atoms with Crippen LogP contribution in [0, 0.1) is 12.8 Å². The van der Waals surface area contributed by atoms with Crippen molar-refractivity contribution in [2.45, 2.75) is 43.9 Å². The molecule has 1 unspecified atom stereocenters. The van der Waals surface area contributed by atoms with E-state index in [-0.39, 0.29) is 22.6 Å². The van der Waals surface area contributed by atoms with Gasteiger partial charge >= 0.3 is 0 Å². The third-order valence-corrected chi connectivity index (χ3v) is 7.89. The molecular formula is C25H31N3O4S. The number of carbonyl (C=O) groups is 2. The Morgan fingerprint density at radius 3 is 2.42 bits per heavy atom. The minimum absolute atomic E-state index is 0.0578. The number of carbonyl (C=O) groups excluding carboxylic acids is 2. The van der Waals surface area contributed by atoms with Crippen LogP contribution in [0.3, 0.4) is 0 Å². The van der Waals surface area contributed by atoms with Crippen LogP contribution >= 0.6 is 0 Å². The van der Waals surface area contributed by atoms with Crippen LogP contribution in [-0.2, 0) is 14.8 Å². The van der Waals surface area contributed by atoms with E-state index in [9.17, 15) is 18.0 Å². The zero-order valence-electron chi connectivity index (χ0n) is 19.0. The number of rotatable bonds is 6. The first-order valence-electron chi connectivity index (χ1n) is 11.6. The van der Waals surface area contributed by atoms with Crippen molar-refractivity contribution >= 4 is 27.5 Å². The fraction of sp³-hybridized carbons (Fsp3) is 0.440. The lowest BCUT2D eigenvalue weighted by Crippen LogP contribution is -2.43. The molecule has 2 aromatic rings. The van der Waals surface area contributed by atoms with Crippen LogP contribution < -0.4 is 9.62 Å². The fourth-order valence-corrected chi connectivity index (χ4v) is 5.61. The number of hydrogen-bond acceptors (Lipinski definition) is 4. The van der Waals surface area contributed by atoms with Gasteiger partial charge in [-0.1, -0.05) is 17.7 Å². The second-order valence-corrected chi connectivity index (χ2v) is 10.7. The van der Waals surface area contributed by atoms with E-state index in [0.717, 1.165) is 43.5 Å². The average molecular weight is 470 g/mol. The zero-order chi connectivity index (χ0) is 23.4. The molecule has 2 fully saturated rings. The summed E-state index contributed by atoms with van der Waals surface area (Å²) >= 11 is 0. The number of likely N-dealkylation sites (tertiary alicyclic amines) is 1. The predicted molar refractivity (Wildman–Crippen MR) is 128 cm³/mol. The van der Waals surface area contributed by atoms with Crippen molar-refractivity contribution in [3.05, 3.63) is 59.7 Å². The zero-order valence-corrected chi connectivity index (χ0v) is 19.8. The normalized spacial score (nSPS) is 19.5. The van der Waals surface area contributed by atoms with Crippen LogP contribution in [0.15, 0.2) is 53.4 Å². The molecule has 2 saturated heterocycles. The number of hydrogen-bond donors (Lipinski definition) is 1. The Hall–Kier alpha value is -2.71. The molecular weight excluding hydrogens is 438 g/mol. The molecule has 0 aromatic heterocycles. The largest absolute Gasteiger partial charge is 0.338 e. The van der Waals surface area contributed by atoms with Gasteiger partial charge in [0.2, 0.25) is 15.9 Å². The second-order valence-electron chi connectivity index (χ2n) is 8.97. The molecule has 2 heterocycles. The van der Waals surface area contributed by atoms with Crippen LogP contribution in [0.2, 0.25) is 0 Å². The average Bonchev–Trinajstić information content (AvgIpc) is 2.83. The fourth-order valence-electron chi connectivity index (χ4n) is 4.49. The molecule has 33 heavy (non-hydrogen) atoms. The first-order chi connectivity index (χ1) is 15.8. The Kier molecular flexibility index (Phi) is 7.14. The monoisotopic (exact) mass is 469 g/mol. The lowest BCUT2D eigenvalue weighted by molar-refractivity contribution is -0.119. The molecule has 0 radical (unpaired) electrons.